The molecule has 1 heterocycles. The zero-order chi connectivity index (χ0) is 10.9. The molecule has 0 aromatic carbocycles. The van der Waals surface area contributed by atoms with Gasteiger partial charge in [-0.05, 0) is 19.8 Å². The van der Waals surface area contributed by atoms with Crippen molar-refractivity contribution >= 4 is 11.6 Å². The molecule has 0 amide bonds. The van der Waals surface area contributed by atoms with E-state index < -0.39 is 0 Å². The SMILES string of the molecule is CCn1cnc(Cl)c1C1(N)CCCCC1. The van der Waals surface area contributed by atoms with Gasteiger partial charge in [0.1, 0.15) is 0 Å². The summed E-state index contributed by atoms with van der Waals surface area (Å²) in [6, 6.07) is 0. The van der Waals surface area contributed by atoms with Crippen LogP contribution in [0.3, 0.4) is 0 Å². The standard InChI is InChI=1S/C11H18ClN3/c1-2-15-8-14-10(12)9(15)11(13)6-4-3-5-7-11/h8H,2-7,13H2,1H3. The summed E-state index contributed by atoms with van der Waals surface area (Å²) in [5, 5.41) is 0.584. The maximum absolute atomic E-state index is 6.46. The minimum atomic E-state index is -0.248. The molecule has 1 aliphatic carbocycles. The van der Waals surface area contributed by atoms with Gasteiger partial charge < -0.3 is 10.3 Å². The molecule has 1 fully saturated rings. The third kappa shape index (κ3) is 1.91. The average molecular weight is 228 g/mol. The minimum absolute atomic E-state index is 0.248. The van der Waals surface area contributed by atoms with Gasteiger partial charge in [-0.3, -0.25) is 0 Å². The highest BCUT2D eigenvalue weighted by Gasteiger charge is 2.34. The van der Waals surface area contributed by atoms with Gasteiger partial charge in [0.05, 0.1) is 17.6 Å². The van der Waals surface area contributed by atoms with E-state index in [0.717, 1.165) is 25.1 Å². The number of aryl methyl sites for hydroxylation is 1. The van der Waals surface area contributed by atoms with Crippen LogP contribution in [-0.4, -0.2) is 9.55 Å². The van der Waals surface area contributed by atoms with Crippen LogP contribution < -0.4 is 5.73 Å². The Morgan fingerprint density at radius 2 is 2.13 bits per heavy atom. The molecule has 0 unspecified atom stereocenters. The van der Waals surface area contributed by atoms with Crippen molar-refractivity contribution in [3.63, 3.8) is 0 Å². The van der Waals surface area contributed by atoms with Crippen LogP contribution in [0.1, 0.15) is 44.7 Å². The first-order valence-corrected chi connectivity index (χ1v) is 6.05. The normalized spacial score (nSPS) is 20.5. The second kappa shape index (κ2) is 4.14. The molecule has 0 aliphatic heterocycles. The minimum Gasteiger partial charge on any atom is -0.332 e. The van der Waals surface area contributed by atoms with Crippen LogP contribution in [0.15, 0.2) is 6.33 Å². The summed E-state index contributed by atoms with van der Waals surface area (Å²) in [4.78, 5) is 4.16. The number of halogens is 1. The van der Waals surface area contributed by atoms with E-state index in [1.165, 1.54) is 19.3 Å². The fourth-order valence-corrected chi connectivity index (χ4v) is 2.85. The number of hydrogen-bond acceptors (Lipinski definition) is 2. The lowest BCUT2D eigenvalue weighted by Crippen LogP contribution is -2.40. The Balaban J connectivity index is 2.37. The molecular formula is C11H18ClN3. The lowest BCUT2D eigenvalue weighted by atomic mass is 9.80. The number of aromatic nitrogens is 2. The van der Waals surface area contributed by atoms with E-state index in [1.54, 1.807) is 6.33 Å². The van der Waals surface area contributed by atoms with E-state index in [9.17, 15) is 0 Å². The number of imidazole rings is 1. The average Bonchev–Trinajstić information content (AvgIpc) is 2.61. The third-order valence-electron chi connectivity index (χ3n) is 3.35. The fourth-order valence-electron chi connectivity index (χ4n) is 2.51. The summed E-state index contributed by atoms with van der Waals surface area (Å²) in [6.45, 7) is 2.97. The molecule has 3 nitrogen and oxygen atoms in total. The monoisotopic (exact) mass is 227 g/mol. The van der Waals surface area contributed by atoms with E-state index in [-0.39, 0.29) is 5.54 Å². The molecule has 4 heteroatoms. The second-order valence-electron chi connectivity index (χ2n) is 4.39. The van der Waals surface area contributed by atoms with Crippen LogP contribution >= 0.6 is 11.6 Å². The Bertz CT molecular complexity index is 340. The van der Waals surface area contributed by atoms with Crippen LogP contribution in [-0.2, 0) is 12.1 Å². The first-order valence-electron chi connectivity index (χ1n) is 5.67. The van der Waals surface area contributed by atoms with Gasteiger partial charge in [0, 0.05) is 6.54 Å². The predicted octanol–water partition coefficient (Wildman–Crippen LogP) is 2.67. The highest BCUT2D eigenvalue weighted by molar-refractivity contribution is 6.30. The van der Waals surface area contributed by atoms with Crippen molar-refractivity contribution in [2.45, 2.75) is 51.1 Å². The van der Waals surface area contributed by atoms with Gasteiger partial charge in [-0.15, -0.1) is 0 Å². The molecular weight excluding hydrogens is 210 g/mol. The largest absolute Gasteiger partial charge is 0.332 e. The molecule has 0 saturated heterocycles. The van der Waals surface area contributed by atoms with Gasteiger partial charge in [-0.1, -0.05) is 30.9 Å². The molecule has 2 rings (SSSR count). The maximum Gasteiger partial charge on any atom is 0.152 e. The summed E-state index contributed by atoms with van der Waals surface area (Å²) in [6.07, 6.45) is 7.53. The van der Waals surface area contributed by atoms with Gasteiger partial charge in [0.25, 0.3) is 0 Å². The molecule has 0 bridgehead atoms. The number of nitrogens with two attached hydrogens (primary N) is 1. The zero-order valence-electron chi connectivity index (χ0n) is 9.17. The highest BCUT2D eigenvalue weighted by atomic mass is 35.5. The Labute approximate surface area is 95.6 Å². The summed E-state index contributed by atoms with van der Waals surface area (Å²) < 4.78 is 2.08. The van der Waals surface area contributed by atoms with Crippen LogP contribution in [0.5, 0.6) is 0 Å². The lowest BCUT2D eigenvalue weighted by Gasteiger charge is -2.34. The van der Waals surface area contributed by atoms with Crippen LogP contribution in [0, 0.1) is 0 Å². The van der Waals surface area contributed by atoms with Crippen LogP contribution in [0.2, 0.25) is 5.15 Å². The first kappa shape index (κ1) is 11.0. The number of nitrogens with zero attached hydrogens (tertiary/aromatic N) is 2. The first-order chi connectivity index (χ1) is 7.17. The number of hydrogen-bond donors (Lipinski definition) is 1. The van der Waals surface area contributed by atoms with Crippen LogP contribution in [0.4, 0.5) is 0 Å². The van der Waals surface area contributed by atoms with Crippen molar-refractivity contribution in [1.82, 2.24) is 9.55 Å². The maximum atomic E-state index is 6.46. The van der Waals surface area contributed by atoms with E-state index in [1.807, 2.05) is 0 Å². The topological polar surface area (TPSA) is 43.8 Å². The van der Waals surface area contributed by atoms with Gasteiger partial charge >= 0.3 is 0 Å². The molecule has 1 aromatic rings. The molecule has 1 aromatic heterocycles. The Morgan fingerprint density at radius 3 is 2.73 bits per heavy atom. The predicted molar refractivity (Wildman–Crippen MR) is 61.9 cm³/mol. The van der Waals surface area contributed by atoms with Crippen molar-refractivity contribution in [2.24, 2.45) is 5.73 Å². The molecule has 0 radical (unpaired) electrons. The molecule has 15 heavy (non-hydrogen) atoms. The van der Waals surface area contributed by atoms with Gasteiger partial charge in [0.2, 0.25) is 0 Å². The summed E-state index contributed by atoms with van der Waals surface area (Å²) in [5.74, 6) is 0. The molecule has 0 atom stereocenters. The van der Waals surface area contributed by atoms with Crippen molar-refractivity contribution in [2.75, 3.05) is 0 Å². The smallest absolute Gasteiger partial charge is 0.152 e. The summed E-state index contributed by atoms with van der Waals surface area (Å²) in [5.41, 5.74) is 7.24. The summed E-state index contributed by atoms with van der Waals surface area (Å²) in [7, 11) is 0. The van der Waals surface area contributed by atoms with Gasteiger partial charge in [0.15, 0.2) is 5.15 Å². The quantitative estimate of drug-likeness (QED) is 0.844. The molecule has 0 spiro atoms. The Hall–Kier alpha value is -0.540. The van der Waals surface area contributed by atoms with Crippen molar-refractivity contribution < 1.29 is 0 Å². The van der Waals surface area contributed by atoms with Crippen molar-refractivity contribution in [3.05, 3.63) is 17.2 Å². The molecule has 1 aliphatic rings. The van der Waals surface area contributed by atoms with Crippen LogP contribution in [0.25, 0.3) is 0 Å². The summed E-state index contributed by atoms with van der Waals surface area (Å²) >= 11 is 6.13. The molecule has 1 saturated carbocycles. The van der Waals surface area contributed by atoms with E-state index in [2.05, 4.69) is 16.5 Å². The molecule has 2 N–H and O–H groups in total. The van der Waals surface area contributed by atoms with Gasteiger partial charge in [-0.25, -0.2) is 4.98 Å². The highest BCUT2D eigenvalue weighted by Crippen LogP contribution is 2.37. The second-order valence-corrected chi connectivity index (χ2v) is 4.74. The lowest BCUT2D eigenvalue weighted by molar-refractivity contribution is 0.286. The van der Waals surface area contributed by atoms with E-state index >= 15 is 0 Å². The van der Waals surface area contributed by atoms with E-state index in [4.69, 9.17) is 17.3 Å². The van der Waals surface area contributed by atoms with Crippen molar-refractivity contribution in [1.29, 1.82) is 0 Å². The molecule has 84 valence electrons. The fraction of sp³-hybridized carbons (Fsp3) is 0.727. The van der Waals surface area contributed by atoms with Crippen molar-refractivity contribution in [3.8, 4) is 0 Å². The zero-order valence-corrected chi connectivity index (χ0v) is 9.93. The third-order valence-corrected chi connectivity index (χ3v) is 3.63. The van der Waals surface area contributed by atoms with Gasteiger partial charge in [-0.2, -0.15) is 0 Å². The van der Waals surface area contributed by atoms with E-state index in [0.29, 0.717) is 5.15 Å². The Kier molecular flexibility index (Phi) is 3.03. The number of rotatable bonds is 2. The Morgan fingerprint density at radius 1 is 1.47 bits per heavy atom.